The van der Waals surface area contributed by atoms with Crippen LogP contribution < -0.4 is 16.0 Å². The van der Waals surface area contributed by atoms with E-state index < -0.39 is 167 Å². The molecular formula is C74H110ClF3N12O13. The van der Waals surface area contributed by atoms with Gasteiger partial charge in [0.2, 0.25) is 70.9 Å². The molecule has 3 unspecified atom stereocenters. The Kier molecular flexibility index (Phi) is 27.1. The minimum absolute atomic E-state index is 0.0212. The topological polar surface area (TPSA) is 279 Å². The monoisotopic (exact) mass is 1470 g/mol. The number of morpholine rings is 1. The Labute approximate surface area is 609 Å². The van der Waals surface area contributed by atoms with Crippen LogP contribution in [0, 0.1) is 23.7 Å². The van der Waals surface area contributed by atoms with Gasteiger partial charge in [-0.2, -0.15) is 13.2 Å². The molecule has 103 heavy (non-hydrogen) atoms. The van der Waals surface area contributed by atoms with E-state index in [9.17, 15) is 41.9 Å². The van der Waals surface area contributed by atoms with Crippen LogP contribution in [-0.2, 0) is 74.9 Å². The van der Waals surface area contributed by atoms with Crippen LogP contribution in [0.25, 0.3) is 0 Å². The van der Waals surface area contributed by atoms with Gasteiger partial charge in [-0.25, -0.2) is 0 Å². The zero-order valence-electron chi connectivity index (χ0n) is 61.7. The van der Waals surface area contributed by atoms with E-state index in [4.69, 9.17) is 16.3 Å². The summed E-state index contributed by atoms with van der Waals surface area (Å²) in [5.41, 5.74) is -2.35. The van der Waals surface area contributed by atoms with Gasteiger partial charge in [0.15, 0.2) is 0 Å². The van der Waals surface area contributed by atoms with E-state index in [1.165, 1.54) is 84.8 Å². The molecule has 4 saturated heterocycles. The second-order valence-corrected chi connectivity index (χ2v) is 31.7. The number of amides is 12. The summed E-state index contributed by atoms with van der Waals surface area (Å²) in [6.45, 7) is 2.65. The van der Waals surface area contributed by atoms with Crippen LogP contribution in [0.5, 0.6) is 0 Å². The van der Waals surface area contributed by atoms with Crippen molar-refractivity contribution in [2.24, 2.45) is 23.7 Å². The number of hydrogen-bond donors (Lipinski definition) is 3. The Morgan fingerprint density at radius 2 is 1.21 bits per heavy atom. The van der Waals surface area contributed by atoms with Crippen molar-refractivity contribution in [3.05, 3.63) is 34.3 Å². The fraction of sp³-hybridized carbons (Fsp3) is 0.757. The number of rotatable bonds is 10. The first-order valence-corrected chi connectivity index (χ1v) is 37.9. The van der Waals surface area contributed by atoms with E-state index in [2.05, 4.69) is 16.0 Å². The number of nitrogens with one attached hydrogen (secondary N) is 3. The van der Waals surface area contributed by atoms with Crippen LogP contribution in [0.3, 0.4) is 0 Å². The quantitative estimate of drug-likeness (QED) is 0.259. The van der Waals surface area contributed by atoms with Crippen molar-refractivity contribution in [3.8, 4) is 0 Å². The van der Waals surface area contributed by atoms with Gasteiger partial charge < -0.3 is 64.8 Å². The van der Waals surface area contributed by atoms with Gasteiger partial charge >= 0.3 is 6.18 Å². The molecule has 2 bridgehead atoms. The number of fused-ring (bicyclic) bond motifs is 3. The van der Waals surface area contributed by atoms with Gasteiger partial charge in [0.1, 0.15) is 47.8 Å². The second-order valence-electron chi connectivity index (χ2n) is 31.3. The third-order valence-electron chi connectivity index (χ3n) is 23.6. The number of ether oxygens (including phenoxy) is 1. The van der Waals surface area contributed by atoms with Gasteiger partial charge in [-0.1, -0.05) is 102 Å². The van der Waals surface area contributed by atoms with Crippen LogP contribution in [0.1, 0.15) is 185 Å². The molecule has 12 amide bonds. The van der Waals surface area contributed by atoms with E-state index in [1.54, 1.807) is 4.90 Å². The zero-order valence-corrected chi connectivity index (χ0v) is 62.5. The molecule has 0 aromatic heterocycles. The first-order valence-electron chi connectivity index (χ1n) is 37.6. The summed E-state index contributed by atoms with van der Waals surface area (Å²) in [6.07, 6.45) is 7.60. The van der Waals surface area contributed by atoms with Gasteiger partial charge in [0.25, 0.3) is 0 Å². The summed E-state index contributed by atoms with van der Waals surface area (Å²) >= 11 is 6.17. The number of alkyl halides is 3. The number of benzene rings is 1. The van der Waals surface area contributed by atoms with Crippen LogP contribution in [0.2, 0.25) is 5.02 Å². The number of nitrogens with zero attached hydrogens (tertiary/aromatic N) is 9. The fourth-order valence-electron chi connectivity index (χ4n) is 17.2. The Morgan fingerprint density at radius 3 is 1.82 bits per heavy atom. The van der Waals surface area contributed by atoms with Crippen molar-refractivity contribution in [1.29, 1.82) is 0 Å². The molecule has 9 atom stereocenters. The SMILES string of the molecule is CC(C)C[C@H]1C(=O)N[C@@H](C2CCC2)C(=O)N(C)CC(=O)N(C)CC(=O)N(C)[C@@H](CC2CCCCC2)C(=O)N(C)CC(=O)N[C@@H](CCc2ccc(C(F)(F)F)c(Cl)c2)C(=O)N2CCCC2C(=O)NC2(CCCC2)C(=O)N(C)[C@@H](C2CCCCC2)C(=O)N(C)[C@H](C(=O)N2C3CCC2COC3)CC(=O)N1C. The molecule has 1 spiro atoms. The number of halogens is 4. The smallest absolute Gasteiger partial charge is 0.377 e. The van der Waals surface area contributed by atoms with Crippen molar-refractivity contribution in [3.63, 3.8) is 0 Å². The lowest BCUT2D eigenvalue weighted by molar-refractivity contribution is -0.159. The minimum Gasteiger partial charge on any atom is -0.377 e. The van der Waals surface area contributed by atoms with Crippen molar-refractivity contribution >= 4 is 82.5 Å². The van der Waals surface area contributed by atoms with Crippen molar-refractivity contribution in [1.82, 2.24) is 60.0 Å². The summed E-state index contributed by atoms with van der Waals surface area (Å²) in [4.78, 5) is 193. The first kappa shape index (κ1) is 80.0. The maximum Gasteiger partial charge on any atom is 0.417 e. The van der Waals surface area contributed by atoms with Crippen molar-refractivity contribution < 1.29 is 75.4 Å². The summed E-state index contributed by atoms with van der Waals surface area (Å²) in [5, 5.41) is 8.27. The van der Waals surface area contributed by atoms with Crippen LogP contribution >= 0.6 is 11.6 Å². The van der Waals surface area contributed by atoms with Gasteiger partial charge in [0.05, 0.1) is 61.9 Å². The maximum atomic E-state index is 16.0. The maximum absolute atomic E-state index is 16.0. The third kappa shape index (κ3) is 18.9. The third-order valence-corrected chi connectivity index (χ3v) is 23.9. The van der Waals surface area contributed by atoms with Crippen molar-refractivity contribution in [2.45, 2.75) is 247 Å². The normalized spacial score (nSPS) is 28.9. The number of aryl methyl sites for hydroxylation is 1. The van der Waals surface area contributed by atoms with E-state index in [-0.39, 0.29) is 94.5 Å². The largest absolute Gasteiger partial charge is 0.417 e. The Balaban J connectivity index is 1.08. The van der Waals surface area contributed by atoms with Crippen LogP contribution in [0.4, 0.5) is 13.2 Å². The first-order chi connectivity index (χ1) is 48.8. The lowest BCUT2D eigenvalue weighted by atomic mass is 9.79. The lowest BCUT2D eigenvalue weighted by Gasteiger charge is -2.44. The summed E-state index contributed by atoms with van der Waals surface area (Å²) < 4.78 is 47.6. The molecule has 4 heterocycles. The Hall–Kier alpha value is -7.10. The standard InChI is InChI=1S/C74H110ClF3N12O13/c1-45(2)36-56-65(95)80-63(48-24-18-25-48)70(100)84(5)41-61(93)82(3)42-62(94)86(7)57(38-46-20-12-10-13-21-46)68(98)83(4)40-59(91)79-54(32-28-47-27-31-52(53(75)37-47)74(76,77)78)67(97)89-35-19-26-55(89)66(96)81-73(33-16-17-34-73)72(102)88(9)64(49-22-14-11-15-23-49)71(101)87(8)58(39-60(92)85(56)6)69(99)90-50-29-30-51(90)44-103-43-50/h27,31,37,45-46,48-51,54-58,63-64H,10-26,28-30,32-36,38-44H2,1-9H3,(H,79,91)(H,80,95)(H,81,96)/t50?,51?,54-,55?,56-,57-,58-,63-,64-/m0/s1. The highest BCUT2D eigenvalue weighted by Gasteiger charge is 2.53. The minimum atomic E-state index is -4.76. The average Bonchev–Trinajstić information content (AvgIpc) is 1.75. The molecule has 29 heteroatoms. The van der Waals surface area contributed by atoms with E-state index >= 15 is 28.8 Å². The van der Waals surface area contributed by atoms with Gasteiger partial charge in [0, 0.05) is 55.9 Å². The average molecular weight is 1470 g/mol. The Morgan fingerprint density at radius 1 is 0.612 bits per heavy atom. The van der Waals surface area contributed by atoms with Crippen LogP contribution in [-0.4, -0.2) is 264 Å². The predicted octanol–water partition coefficient (Wildman–Crippen LogP) is 5.55. The molecular weight excluding hydrogens is 1360 g/mol. The molecule has 8 aliphatic rings. The van der Waals surface area contributed by atoms with Crippen molar-refractivity contribution in [2.75, 3.05) is 88.7 Å². The highest BCUT2D eigenvalue weighted by Crippen LogP contribution is 2.40. The highest BCUT2D eigenvalue weighted by molar-refractivity contribution is 6.31. The molecule has 4 aliphatic heterocycles. The van der Waals surface area contributed by atoms with Crippen LogP contribution in [0.15, 0.2) is 18.2 Å². The molecule has 8 fully saturated rings. The molecule has 3 N–H and O–H groups in total. The zero-order chi connectivity index (χ0) is 74.9. The molecule has 4 saturated carbocycles. The molecule has 25 nitrogen and oxygen atoms in total. The number of carbonyl (C=O) groups is 12. The summed E-state index contributed by atoms with van der Waals surface area (Å²) in [6, 6.07) is -6.17. The lowest BCUT2D eigenvalue weighted by Crippen LogP contribution is -2.65. The van der Waals surface area contributed by atoms with Gasteiger partial charge in [-0.15, -0.1) is 0 Å². The van der Waals surface area contributed by atoms with E-state index in [0.29, 0.717) is 63.4 Å². The number of carbonyl (C=O) groups excluding carboxylic acids is 12. The highest BCUT2D eigenvalue weighted by atomic mass is 35.5. The molecule has 572 valence electrons. The summed E-state index contributed by atoms with van der Waals surface area (Å²) in [5.74, 6) is -8.46. The van der Waals surface area contributed by atoms with E-state index in [1.807, 2.05) is 13.8 Å². The molecule has 1 aromatic carbocycles. The molecule has 4 aliphatic carbocycles. The fourth-order valence-corrected chi connectivity index (χ4v) is 17.5. The van der Waals surface area contributed by atoms with Gasteiger partial charge in [-0.3, -0.25) is 57.5 Å². The number of hydrogen-bond acceptors (Lipinski definition) is 13. The second kappa shape index (κ2) is 34.9. The number of likely N-dealkylation sites (N-methyl/N-ethyl adjacent to an activating group) is 7. The molecule has 0 radical (unpaired) electrons. The molecule has 1 aromatic rings. The predicted molar refractivity (Wildman–Crippen MR) is 376 cm³/mol. The summed E-state index contributed by atoms with van der Waals surface area (Å²) in [7, 11) is 10.1. The van der Waals surface area contributed by atoms with Gasteiger partial charge in [-0.05, 0) is 131 Å². The molecule has 9 rings (SSSR count). The van der Waals surface area contributed by atoms with E-state index in [0.717, 1.165) is 79.7 Å². The Bertz CT molecular complexity index is 3270.